The van der Waals surface area contributed by atoms with E-state index in [1.165, 1.54) is 0 Å². The van der Waals surface area contributed by atoms with Crippen LogP contribution in [0.25, 0.3) is 0 Å². The lowest BCUT2D eigenvalue weighted by molar-refractivity contribution is -0.143. The number of aliphatic hydroxyl groups excluding tert-OH is 2. The van der Waals surface area contributed by atoms with E-state index in [-0.39, 0.29) is 5.33 Å². The zero-order chi connectivity index (χ0) is 11.6. The maximum Gasteiger partial charge on any atom is 0.433 e. The minimum absolute atomic E-state index is 0.0311. The first-order valence-electron chi connectivity index (χ1n) is 3.90. The average Bonchev–Trinajstić information content (AvgIpc) is 2.63. The number of rotatable bonds is 3. The Kier molecular flexibility index (Phi) is 3.74. The minimum atomic E-state index is -4.63. The molecule has 1 rings (SSSR count). The van der Waals surface area contributed by atoms with E-state index in [9.17, 15) is 23.4 Å². The summed E-state index contributed by atoms with van der Waals surface area (Å²) in [4.78, 5) is 0. The summed E-state index contributed by atoms with van der Waals surface area (Å²) in [6.45, 7) is 0. The van der Waals surface area contributed by atoms with E-state index in [1.54, 1.807) is 5.10 Å². The highest BCUT2D eigenvalue weighted by atomic mass is 79.9. The van der Waals surface area contributed by atoms with Crippen molar-refractivity contribution in [2.24, 2.45) is 0 Å². The Labute approximate surface area is 91.2 Å². The molecule has 0 fully saturated rings. The smallest absolute Gasteiger partial charge is 0.389 e. The van der Waals surface area contributed by atoms with E-state index in [4.69, 9.17) is 0 Å². The zero-order valence-electron chi connectivity index (χ0n) is 7.29. The van der Waals surface area contributed by atoms with Crippen molar-refractivity contribution >= 4 is 15.9 Å². The highest BCUT2D eigenvalue weighted by Gasteiger charge is 2.38. The maximum atomic E-state index is 12.3. The van der Waals surface area contributed by atoms with Crippen molar-refractivity contribution in [2.75, 3.05) is 5.33 Å². The highest BCUT2D eigenvalue weighted by molar-refractivity contribution is 9.09. The van der Waals surface area contributed by atoms with Crippen molar-refractivity contribution in [3.8, 4) is 0 Å². The number of H-pyrrole nitrogens is 1. The summed E-state index contributed by atoms with van der Waals surface area (Å²) in [5.41, 5.74) is -1.61. The molecule has 0 saturated heterocycles. The Morgan fingerprint density at radius 1 is 1.47 bits per heavy atom. The molecule has 0 spiro atoms. The minimum Gasteiger partial charge on any atom is -0.389 e. The number of aromatic amines is 1. The molecule has 86 valence electrons. The van der Waals surface area contributed by atoms with Gasteiger partial charge < -0.3 is 10.2 Å². The van der Waals surface area contributed by atoms with Gasteiger partial charge in [0.15, 0.2) is 0 Å². The third-order valence-corrected chi connectivity index (χ3v) is 2.46. The van der Waals surface area contributed by atoms with Gasteiger partial charge in [-0.1, -0.05) is 15.9 Å². The van der Waals surface area contributed by atoms with Crippen molar-refractivity contribution in [3.63, 3.8) is 0 Å². The van der Waals surface area contributed by atoms with E-state index < -0.39 is 29.6 Å². The van der Waals surface area contributed by atoms with Gasteiger partial charge in [0, 0.05) is 10.9 Å². The molecule has 2 unspecified atom stereocenters. The fraction of sp³-hybridized carbons (Fsp3) is 0.571. The van der Waals surface area contributed by atoms with Crippen LogP contribution in [0.15, 0.2) is 6.20 Å². The van der Waals surface area contributed by atoms with Crippen LogP contribution in [0, 0.1) is 0 Å². The molecule has 0 bridgehead atoms. The van der Waals surface area contributed by atoms with Crippen molar-refractivity contribution in [2.45, 2.75) is 18.4 Å². The normalized spacial score (nSPS) is 16.4. The van der Waals surface area contributed by atoms with Crippen LogP contribution in [0.1, 0.15) is 17.4 Å². The van der Waals surface area contributed by atoms with Gasteiger partial charge in [-0.05, 0) is 0 Å². The second-order valence-electron chi connectivity index (χ2n) is 2.86. The molecule has 1 aromatic heterocycles. The van der Waals surface area contributed by atoms with Gasteiger partial charge in [-0.25, -0.2) is 0 Å². The molecule has 1 aromatic rings. The Morgan fingerprint density at radius 3 is 2.53 bits per heavy atom. The van der Waals surface area contributed by atoms with Gasteiger partial charge in [0.25, 0.3) is 0 Å². The molecule has 2 atom stereocenters. The first-order chi connectivity index (χ1) is 6.88. The summed E-state index contributed by atoms with van der Waals surface area (Å²) >= 11 is 2.85. The first-order valence-corrected chi connectivity index (χ1v) is 5.02. The van der Waals surface area contributed by atoms with Crippen LogP contribution < -0.4 is 0 Å². The lowest BCUT2D eigenvalue weighted by Crippen LogP contribution is -2.22. The molecular formula is C7H8BrF3N2O2. The number of aromatic nitrogens is 2. The zero-order valence-corrected chi connectivity index (χ0v) is 8.88. The summed E-state index contributed by atoms with van der Waals surface area (Å²) in [5, 5.41) is 23.5. The molecule has 15 heavy (non-hydrogen) atoms. The Morgan fingerprint density at radius 2 is 2.07 bits per heavy atom. The molecule has 8 heteroatoms. The predicted molar refractivity (Wildman–Crippen MR) is 48.4 cm³/mol. The van der Waals surface area contributed by atoms with Crippen LogP contribution in [0.5, 0.6) is 0 Å². The molecule has 0 aliphatic rings. The van der Waals surface area contributed by atoms with Crippen LogP contribution in [0.4, 0.5) is 13.2 Å². The van der Waals surface area contributed by atoms with Crippen LogP contribution in [0.3, 0.4) is 0 Å². The first kappa shape index (κ1) is 12.5. The molecule has 0 radical (unpaired) electrons. The number of hydrogen-bond acceptors (Lipinski definition) is 3. The van der Waals surface area contributed by atoms with Crippen LogP contribution in [0.2, 0.25) is 0 Å². The average molecular weight is 289 g/mol. The van der Waals surface area contributed by atoms with Crippen LogP contribution in [-0.2, 0) is 6.18 Å². The molecular weight excluding hydrogens is 281 g/mol. The lowest BCUT2D eigenvalue weighted by atomic mass is 10.1. The predicted octanol–water partition coefficient (Wildman–Crippen LogP) is 1.22. The number of nitrogens with one attached hydrogen (secondary N) is 1. The van der Waals surface area contributed by atoms with Gasteiger partial charge in [-0.3, -0.25) is 5.10 Å². The van der Waals surface area contributed by atoms with Gasteiger partial charge in [-0.2, -0.15) is 18.3 Å². The van der Waals surface area contributed by atoms with Gasteiger partial charge in [-0.15, -0.1) is 0 Å². The topological polar surface area (TPSA) is 69.1 Å². The summed E-state index contributed by atoms with van der Waals surface area (Å²) in [5.74, 6) is 0. The second kappa shape index (κ2) is 4.50. The summed E-state index contributed by atoms with van der Waals surface area (Å²) < 4.78 is 37.0. The van der Waals surface area contributed by atoms with E-state index in [0.29, 0.717) is 0 Å². The summed E-state index contributed by atoms with van der Waals surface area (Å²) in [6, 6.07) is 0. The van der Waals surface area contributed by atoms with E-state index in [2.05, 4.69) is 21.0 Å². The van der Waals surface area contributed by atoms with Crippen molar-refractivity contribution in [3.05, 3.63) is 17.5 Å². The highest BCUT2D eigenvalue weighted by Crippen LogP contribution is 2.33. The molecule has 3 N–H and O–H groups in total. The quantitative estimate of drug-likeness (QED) is 0.733. The van der Waals surface area contributed by atoms with Gasteiger partial charge in [0.1, 0.15) is 11.8 Å². The number of aliphatic hydroxyl groups is 2. The number of hydrogen-bond donors (Lipinski definition) is 3. The number of halogens is 4. The van der Waals surface area contributed by atoms with Crippen LogP contribution in [-0.4, -0.2) is 31.8 Å². The van der Waals surface area contributed by atoms with Gasteiger partial charge in [0.2, 0.25) is 0 Å². The van der Waals surface area contributed by atoms with E-state index in [1.807, 2.05) is 0 Å². The Bertz CT molecular complexity index is 328. The molecule has 4 nitrogen and oxygen atoms in total. The van der Waals surface area contributed by atoms with E-state index in [0.717, 1.165) is 6.20 Å². The Hall–Kier alpha value is -0.600. The molecule has 1 heterocycles. The van der Waals surface area contributed by atoms with Crippen LogP contribution >= 0.6 is 15.9 Å². The molecule has 0 amide bonds. The lowest BCUT2D eigenvalue weighted by Gasteiger charge is -2.16. The molecule has 0 saturated carbocycles. The van der Waals surface area contributed by atoms with Crippen molar-refractivity contribution in [1.82, 2.24) is 10.2 Å². The maximum absolute atomic E-state index is 12.3. The molecule has 0 aliphatic carbocycles. The summed E-state index contributed by atoms with van der Waals surface area (Å²) in [7, 11) is 0. The summed E-state index contributed by atoms with van der Waals surface area (Å²) in [6.07, 6.45) is -6.72. The molecule has 0 aromatic carbocycles. The van der Waals surface area contributed by atoms with Crippen molar-refractivity contribution < 1.29 is 23.4 Å². The standard InChI is InChI=1S/C7H8BrF3N2O2/c8-1-4(14)5(15)3-2-12-13-6(3)7(9,10)11/h2,4-5,14-15H,1H2,(H,12,13). The Balaban J connectivity index is 3.00. The van der Waals surface area contributed by atoms with Crippen molar-refractivity contribution in [1.29, 1.82) is 0 Å². The van der Waals surface area contributed by atoms with Gasteiger partial charge >= 0.3 is 6.18 Å². The second-order valence-corrected chi connectivity index (χ2v) is 3.51. The fourth-order valence-electron chi connectivity index (χ4n) is 1.04. The number of alkyl halides is 4. The van der Waals surface area contributed by atoms with E-state index >= 15 is 0 Å². The molecule has 0 aliphatic heterocycles. The number of nitrogens with zero attached hydrogens (tertiary/aromatic N) is 1. The largest absolute Gasteiger partial charge is 0.433 e. The monoisotopic (exact) mass is 288 g/mol. The fourth-order valence-corrected chi connectivity index (χ4v) is 1.39. The third kappa shape index (κ3) is 2.70. The van der Waals surface area contributed by atoms with Gasteiger partial charge in [0.05, 0.1) is 12.3 Å². The third-order valence-electron chi connectivity index (χ3n) is 1.79. The SMILES string of the molecule is OC(CBr)C(O)c1cn[nH]c1C(F)(F)F.